The van der Waals surface area contributed by atoms with Crippen LogP contribution in [-0.4, -0.2) is 190 Å². The Kier molecular flexibility index (Phi) is 67.3. The van der Waals surface area contributed by atoms with Crippen molar-refractivity contribution in [1.82, 2.24) is 44.9 Å². The van der Waals surface area contributed by atoms with Crippen molar-refractivity contribution in [3.8, 4) is 0 Å². The molecule has 0 aromatic carbocycles. The molecule has 9 aliphatic rings. The highest BCUT2D eigenvalue weighted by molar-refractivity contribution is 4.98. The molecule has 9 nitrogen and oxygen atoms in total. The molecule has 90 heavy (non-hydrogen) atoms. The van der Waals surface area contributed by atoms with E-state index in [0.29, 0.717) is 38.8 Å². The van der Waals surface area contributed by atoms with Crippen molar-refractivity contribution in [2.75, 3.05) is 111 Å². The van der Waals surface area contributed by atoms with Gasteiger partial charge in [0, 0.05) is 84.1 Å². The Morgan fingerprint density at radius 2 is 0.456 bits per heavy atom. The van der Waals surface area contributed by atoms with Gasteiger partial charge >= 0.3 is 0 Å². The zero-order valence-electron chi connectivity index (χ0n) is 70.9. The van der Waals surface area contributed by atoms with E-state index < -0.39 is 0 Å². The largest absolute Gasteiger partial charge is 0.315 e. The minimum Gasteiger partial charge on any atom is -0.315 e. The standard InChI is InChI=1S/C11H21N.C10H20N2.C9H20N2.2C9H19N.C8H17N.C7H15N.9C2H6/c1-11(2,3)12-7-9-5-4-6-10(9)8-12;1-10(2,3)12-6-8-4-5-11-9(8)7-12;1-9(2,3)11-7-4-5-10-6-8-11;2*1-9(2,3)10-7-5-4-6-8-10;1-8(2,3)9-6-4-5-7-9;1-7(2,3)8-5-4-6-8;9*1-2/h9-10H,4-8H2,1-3H3;8-9,11H,4-7H2,1-3H3;10H,4-8H2,1-3H3;2*4-8H2,1-3H3;4-7H2,1-3H3;4-6H2,1-3H3;9*1-2H3. The molecule has 8 heterocycles. The second kappa shape index (κ2) is 58.8. The first-order valence-corrected chi connectivity index (χ1v) is 39.9. The lowest BCUT2D eigenvalue weighted by atomic mass is 10.0. The molecule has 0 radical (unpaired) electrons. The van der Waals surface area contributed by atoms with Crippen molar-refractivity contribution in [3.05, 3.63) is 0 Å². The maximum absolute atomic E-state index is 3.58. The topological polar surface area (TPSA) is 46.7 Å². The van der Waals surface area contributed by atoms with Crippen LogP contribution in [0, 0.1) is 17.8 Å². The van der Waals surface area contributed by atoms with Crippen molar-refractivity contribution >= 4 is 0 Å². The summed E-state index contributed by atoms with van der Waals surface area (Å²) in [6, 6.07) is 0.796. The van der Waals surface area contributed by atoms with Crippen LogP contribution in [0.1, 0.15) is 360 Å². The van der Waals surface area contributed by atoms with Gasteiger partial charge in [-0.25, -0.2) is 0 Å². The Hall–Kier alpha value is -0.360. The molecule has 9 heteroatoms. The third-order valence-corrected chi connectivity index (χ3v) is 17.7. The summed E-state index contributed by atoms with van der Waals surface area (Å²) in [7, 11) is 0. The van der Waals surface area contributed by atoms with Gasteiger partial charge in [0.1, 0.15) is 0 Å². The van der Waals surface area contributed by atoms with Gasteiger partial charge in [0.2, 0.25) is 0 Å². The van der Waals surface area contributed by atoms with E-state index in [1.54, 1.807) is 0 Å². The smallest absolute Gasteiger partial charge is 0.0236 e. The Labute approximate surface area is 575 Å². The zero-order chi connectivity index (χ0) is 72.2. The predicted octanol–water partition coefficient (Wildman–Crippen LogP) is 21.8. The van der Waals surface area contributed by atoms with Crippen LogP contribution < -0.4 is 10.6 Å². The fraction of sp³-hybridized carbons (Fsp3) is 1.00. The van der Waals surface area contributed by atoms with Gasteiger partial charge in [-0.1, -0.05) is 144 Å². The number of hydrogen-bond acceptors (Lipinski definition) is 9. The second-order valence-electron chi connectivity index (χ2n) is 30.8. The quantitative estimate of drug-likeness (QED) is 0.247. The van der Waals surface area contributed by atoms with E-state index in [0.717, 1.165) is 30.3 Å². The molecular formula is C81H185N9. The van der Waals surface area contributed by atoms with Gasteiger partial charge in [-0.3, -0.25) is 34.3 Å². The van der Waals surface area contributed by atoms with Crippen molar-refractivity contribution in [3.63, 3.8) is 0 Å². The van der Waals surface area contributed by atoms with Gasteiger partial charge in [-0.15, -0.1) is 0 Å². The number of piperidine rings is 2. The molecule has 0 spiro atoms. The lowest BCUT2D eigenvalue weighted by Gasteiger charge is -2.42. The molecule has 0 amide bonds. The molecule has 8 saturated heterocycles. The molecule has 1 aliphatic carbocycles. The fourth-order valence-corrected chi connectivity index (χ4v) is 12.2. The number of nitrogens with one attached hydrogen (secondary N) is 2. The van der Waals surface area contributed by atoms with E-state index in [2.05, 4.69) is 190 Å². The van der Waals surface area contributed by atoms with Gasteiger partial charge in [-0.2, -0.15) is 0 Å². The molecule has 9 rings (SSSR count). The van der Waals surface area contributed by atoms with E-state index in [1.807, 2.05) is 125 Å². The molecule has 4 atom stereocenters. The number of nitrogens with zero attached hydrogens (tertiary/aromatic N) is 7. The predicted molar refractivity (Wildman–Crippen MR) is 421 cm³/mol. The van der Waals surface area contributed by atoms with Crippen LogP contribution in [0.3, 0.4) is 0 Å². The first-order chi connectivity index (χ1) is 42.2. The van der Waals surface area contributed by atoms with Crippen LogP contribution in [0.15, 0.2) is 0 Å². The first-order valence-electron chi connectivity index (χ1n) is 39.9. The van der Waals surface area contributed by atoms with Crippen LogP contribution in [-0.2, 0) is 0 Å². The van der Waals surface area contributed by atoms with Crippen LogP contribution in [0.25, 0.3) is 0 Å². The van der Waals surface area contributed by atoms with Gasteiger partial charge in [0.25, 0.3) is 0 Å². The zero-order valence-corrected chi connectivity index (χ0v) is 70.9. The lowest BCUT2D eigenvalue weighted by molar-refractivity contribution is 0.0690. The maximum atomic E-state index is 3.58. The molecule has 1 saturated carbocycles. The van der Waals surface area contributed by atoms with Crippen molar-refractivity contribution < 1.29 is 0 Å². The highest BCUT2D eigenvalue weighted by Gasteiger charge is 2.41. The van der Waals surface area contributed by atoms with Crippen molar-refractivity contribution in [1.29, 1.82) is 0 Å². The van der Waals surface area contributed by atoms with Crippen molar-refractivity contribution in [2.45, 2.75) is 405 Å². The van der Waals surface area contributed by atoms with Crippen LogP contribution >= 0.6 is 0 Å². The van der Waals surface area contributed by atoms with E-state index in [9.17, 15) is 0 Å². The molecule has 2 N–H and O–H groups in total. The Balaban J connectivity index is -0.000000172. The molecule has 4 unspecified atom stereocenters. The summed E-state index contributed by atoms with van der Waals surface area (Å²) >= 11 is 0. The lowest BCUT2D eigenvalue weighted by Crippen LogP contribution is -2.49. The molecule has 8 aliphatic heterocycles. The SMILES string of the molecule is CC.CC.CC.CC.CC.CC.CC.CC.CC.CC(C)(C)N1CC2CCCC2C1.CC(C)(C)N1CC2CCNC2C1.CC(C)(C)N1CCC1.CC(C)(C)N1CCCC1.CC(C)(C)N1CCCCC1.CC(C)(C)N1CCCCC1.CC(C)(C)N1CCCNCC1. The summed E-state index contributed by atoms with van der Waals surface area (Å²) in [6.45, 7) is 106. The van der Waals surface area contributed by atoms with E-state index in [4.69, 9.17) is 0 Å². The third kappa shape index (κ3) is 49.2. The van der Waals surface area contributed by atoms with Gasteiger partial charge < -0.3 is 10.6 Å². The second-order valence-corrected chi connectivity index (χ2v) is 30.8. The van der Waals surface area contributed by atoms with Crippen LogP contribution in [0.4, 0.5) is 0 Å². The highest BCUT2D eigenvalue weighted by atomic mass is 15.3. The van der Waals surface area contributed by atoms with E-state index >= 15 is 0 Å². The van der Waals surface area contributed by atoms with E-state index in [-0.39, 0.29) is 0 Å². The van der Waals surface area contributed by atoms with Crippen LogP contribution in [0.2, 0.25) is 0 Å². The van der Waals surface area contributed by atoms with Gasteiger partial charge in [-0.05, 0) is 306 Å². The Bertz CT molecular complexity index is 1310. The minimum absolute atomic E-state index is 0.353. The number of rotatable bonds is 0. The minimum atomic E-state index is 0.353. The summed E-state index contributed by atoms with van der Waals surface area (Å²) < 4.78 is 0. The molecule has 0 bridgehead atoms. The highest BCUT2D eigenvalue weighted by Crippen LogP contribution is 2.40. The fourth-order valence-electron chi connectivity index (χ4n) is 12.2. The van der Waals surface area contributed by atoms with Crippen molar-refractivity contribution in [2.24, 2.45) is 17.8 Å². The summed E-state index contributed by atoms with van der Waals surface area (Å²) in [4.78, 5) is 18.0. The first kappa shape index (κ1) is 103. The van der Waals surface area contributed by atoms with E-state index in [1.165, 1.54) is 195 Å². The van der Waals surface area contributed by atoms with Gasteiger partial charge in [0.05, 0.1) is 0 Å². The summed E-state index contributed by atoms with van der Waals surface area (Å²) in [5, 5.41) is 6.99. The number of likely N-dealkylation sites (tertiary alicyclic amines) is 6. The molecule has 9 fully saturated rings. The Morgan fingerprint density at radius 1 is 0.211 bits per heavy atom. The number of hydrogen-bond donors (Lipinski definition) is 2. The average molecular weight is 1290 g/mol. The maximum Gasteiger partial charge on any atom is 0.0236 e. The molecular weight excluding hydrogens is 1100 g/mol. The molecule has 554 valence electrons. The summed E-state index contributed by atoms with van der Waals surface area (Å²) in [5.41, 5.74) is 2.78. The molecule has 0 aromatic rings. The summed E-state index contributed by atoms with van der Waals surface area (Å²) in [6.07, 6.45) is 19.8. The number of fused-ring (bicyclic) bond motifs is 2. The average Bonchev–Trinajstić information content (AvgIpc) is 1.96. The normalized spacial score (nSPS) is 22.8. The summed E-state index contributed by atoms with van der Waals surface area (Å²) in [5.74, 6) is 3.03. The van der Waals surface area contributed by atoms with Crippen LogP contribution in [0.5, 0.6) is 0 Å². The van der Waals surface area contributed by atoms with Gasteiger partial charge in [0.15, 0.2) is 0 Å². The Morgan fingerprint density at radius 3 is 0.711 bits per heavy atom. The molecule has 0 aromatic heterocycles. The monoisotopic (exact) mass is 1280 g/mol. The third-order valence-electron chi connectivity index (χ3n) is 17.7.